The number of phenols is 1. The van der Waals surface area contributed by atoms with Crippen LogP contribution in [0.25, 0.3) is 0 Å². The highest BCUT2D eigenvalue weighted by atomic mass is 16.5. The number of carbonyl (C=O) groups is 1. The fraction of sp³-hybridized carbons (Fsp3) is 0.594. The Morgan fingerprint density at radius 1 is 0.622 bits per heavy atom. The van der Waals surface area contributed by atoms with Crippen molar-refractivity contribution in [3.63, 3.8) is 0 Å². The third-order valence-corrected chi connectivity index (χ3v) is 6.62. The van der Waals surface area contributed by atoms with Gasteiger partial charge in [-0.1, -0.05) is 103 Å². The number of aromatic hydroxyl groups is 1. The van der Waals surface area contributed by atoms with Gasteiger partial charge in [0.15, 0.2) is 6.61 Å². The van der Waals surface area contributed by atoms with Crippen LogP contribution in [0.4, 0.5) is 0 Å². The number of hydrogen-bond acceptors (Lipinski definition) is 4. The van der Waals surface area contributed by atoms with Crippen molar-refractivity contribution in [2.45, 2.75) is 110 Å². The fourth-order valence-corrected chi connectivity index (χ4v) is 4.35. The van der Waals surface area contributed by atoms with Crippen molar-refractivity contribution in [2.75, 3.05) is 13.2 Å². The molecule has 2 N–H and O–H groups in total. The topological polar surface area (TPSA) is 67.8 Å². The van der Waals surface area contributed by atoms with Gasteiger partial charge in [-0.15, -0.1) is 0 Å². The number of phenolic OH excluding ortho intramolecular Hbond substituents is 1. The Bertz CT molecular complexity index is 820. The average molecular weight is 512 g/mol. The van der Waals surface area contributed by atoms with Gasteiger partial charge >= 0.3 is 0 Å². The molecule has 1 amide bonds. The summed E-state index contributed by atoms with van der Waals surface area (Å²) in [4.78, 5) is 12.0. The van der Waals surface area contributed by atoms with Crippen LogP contribution in [-0.2, 0) is 4.79 Å². The van der Waals surface area contributed by atoms with Gasteiger partial charge in [0.2, 0.25) is 0 Å². The molecule has 0 aliphatic heterocycles. The Hall–Kier alpha value is -2.69. The highest BCUT2D eigenvalue weighted by molar-refractivity contribution is 5.77. The molecule has 0 aliphatic carbocycles. The zero-order chi connectivity index (χ0) is 26.4. The standard InChI is InChI=1S/C32H49NO4/c1-2-3-4-5-6-7-8-9-10-11-12-13-14-15-16-17-26-33-32(35)27-36-29-22-24-31(25-23-29)37-30-20-18-28(34)19-21-30/h18-25,34H,2-17,26-27H2,1H3,(H,33,35). The highest BCUT2D eigenvalue weighted by Gasteiger charge is 2.04. The summed E-state index contributed by atoms with van der Waals surface area (Å²) in [6.45, 7) is 3.00. The summed E-state index contributed by atoms with van der Waals surface area (Å²) in [5.41, 5.74) is 0. The SMILES string of the molecule is CCCCCCCCCCCCCCCCCCNC(=O)COc1ccc(Oc2ccc(O)cc2)cc1. The lowest BCUT2D eigenvalue weighted by Crippen LogP contribution is -2.29. The van der Waals surface area contributed by atoms with E-state index in [1.165, 1.54) is 96.3 Å². The number of unbranched alkanes of at least 4 members (excludes halogenated alkanes) is 15. The molecule has 0 saturated heterocycles. The molecule has 0 unspecified atom stereocenters. The molecule has 2 aromatic carbocycles. The summed E-state index contributed by atoms with van der Waals surface area (Å²) in [6.07, 6.45) is 21.5. The van der Waals surface area contributed by atoms with Crippen LogP contribution in [0.5, 0.6) is 23.0 Å². The Kier molecular flexibility index (Phi) is 16.8. The number of benzene rings is 2. The second-order valence-corrected chi connectivity index (χ2v) is 10.0. The first kappa shape index (κ1) is 30.5. The molecule has 2 rings (SSSR count). The maximum absolute atomic E-state index is 12.0. The number of rotatable bonds is 22. The van der Waals surface area contributed by atoms with E-state index in [1.807, 2.05) is 0 Å². The van der Waals surface area contributed by atoms with Crippen molar-refractivity contribution < 1.29 is 19.4 Å². The number of hydrogen-bond donors (Lipinski definition) is 2. The molecule has 206 valence electrons. The van der Waals surface area contributed by atoms with Crippen LogP contribution in [0.2, 0.25) is 0 Å². The second-order valence-electron chi connectivity index (χ2n) is 10.0. The van der Waals surface area contributed by atoms with E-state index in [0.29, 0.717) is 23.8 Å². The number of ether oxygens (including phenoxy) is 2. The summed E-state index contributed by atoms with van der Waals surface area (Å²) in [5, 5.41) is 12.3. The van der Waals surface area contributed by atoms with E-state index in [4.69, 9.17) is 9.47 Å². The van der Waals surface area contributed by atoms with E-state index >= 15 is 0 Å². The Morgan fingerprint density at radius 3 is 1.51 bits per heavy atom. The summed E-state index contributed by atoms with van der Waals surface area (Å²) in [5.74, 6) is 2.02. The number of carbonyl (C=O) groups excluding carboxylic acids is 1. The molecular formula is C32H49NO4. The van der Waals surface area contributed by atoms with Crippen molar-refractivity contribution >= 4 is 5.91 Å². The summed E-state index contributed by atoms with van der Waals surface area (Å²) in [6, 6.07) is 13.7. The molecule has 0 aromatic heterocycles. The van der Waals surface area contributed by atoms with Crippen LogP contribution < -0.4 is 14.8 Å². The van der Waals surface area contributed by atoms with Crippen molar-refractivity contribution in [1.29, 1.82) is 0 Å². The van der Waals surface area contributed by atoms with Crippen LogP contribution in [0.1, 0.15) is 110 Å². The molecule has 0 spiro atoms. The molecule has 0 bridgehead atoms. The fourth-order valence-electron chi connectivity index (χ4n) is 4.35. The van der Waals surface area contributed by atoms with E-state index in [1.54, 1.807) is 48.5 Å². The zero-order valence-corrected chi connectivity index (χ0v) is 23.0. The zero-order valence-electron chi connectivity index (χ0n) is 23.0. The Labute approximate surface area is 225 Å². The molecule has 37 heavy (non-hydrogen) atoms. The smallest absolute Gasteiger partial charge is 0.257 e. The lowest BCUT2D eigenvalue weighted by Gasteiger charge is -2.09. The molecule has 0 atom stereocenters. The normalized spacial score (nSPS) is 10.8. The largest absolute Gasteiger partial charge is 0.508 e. The lowest BCUT2D eigenvalue weighted by molar-refractivity contribution is -0.123. The van der Waals surface area contributed by atoms with Gasteiger partial charge in [0.05, 0.1) is 0 Å². The Balaban J connectivity index is 1.37. The van der Waals surface area contributed by atoms with E-state index < -0.39 is 0 Å². The van der Waals surface area contributed by atoms with Crippen LogP contribution in [0.15, 0.2) is 48.5 Å². The molecular weight excluding hydrogens is 462 g/mol. The molecule has 0 fully saturated rings. The quantitative estimate of drug-likeness (QED) is 0.155. The summed E-state index contributed by atoms with van der Waals surface area (Å²) in [7, 11) is 0. The van der Waals surface area contributed by atoms with E-state index in [0.717, 1.165) is 6.42 Å². The maximum atomic E-state index is 12.0. The monoisotopic (exact) mass is 511 g/mol. The minimum Gasteiger partial charge on any atom is -0.508 e. The van der Waals surface area contributed by atoms with Crippen molar-refractivity contribution in [2.24, 2.45) is 0 Å². The molecule has 5 heteroatoms. The number of amides is 1. The van der Waals surface area contributed by atoms with Crippen molar-refractivity contribution in [3.8, 4) is 23.0 Å². The third-order valence-electron chi connectivity index (χ3n) is 6.62. The Morgan fingerprint density at radius 2 is 1.03 bits per heavy atom. The predicted molar refractivity (Wildman–Crippen MR) is 153 cm³/mol. The van der Waals surface area contributed by atoms with Gasteiger partial charge < -0.3 is 19.9 Å². The maximum Gasteiger partial charge on any atom is 0.257 e. The third kappa shape index (κ3) is 15.9. The van der Waals surface area contributed by atoms with Crippen LogP contribution in [-0.4, -0.2) is 24.2 Å². The lowest BCUT2D eigenvalue weighted by atomic mass is 10.0. The first-order chi connectivity index (χ1) is 18.2. The van der Waals surface area contributed by atoms with Gasteiger partial charge in [0.1, 0.15) is 23.0 Å². The van der Waals surface area contributed by atoms with Gasteiger partial charge in [-0.2, -0.15) is 0 Å². The van der Waals surface area contributed by atoms with Gasteiger partial charge in [0.25, 0.3) is 5.91 Å². The first-order valence-corrected chi connectivity index (χ1v) is 14.6. The van der Waals surface area contributed by atoms with Crippen LogP contribution >= 0.6 is 0 Å². The summed E-state index contributed by atoms with van der Waals surface area (Å²) >= 11 is 0. The molecule has 5 nitrogen and oxygen atoms in total. The minimum absolute atomic E-state index is 0.0109. The van der Waals surface area contributed by atoms with Crippen LogP contribution in [0.3, 0.4) is 0 Å². The first-order valence-electron chi connectivity index (χ1n) is 14.6. The minimum atomic E-state index is -0.0922. The molecule has 0 saturated carbocycles. The van der Waals surface area contributed by atoms with Gasteiger partial charge in [-0.25, -0.2) is 0 Å². The van der Waals surface area contributed by atoms with Gasteiger partial charge in [-0.3, -0.25) is 4.79 Å². The highest BCUT2D eigenvalue weighted by Crippen LogP contribution is 2.25. The summed E-state index contributed by atoms with van der Waals surface area (Å²) < 4.78 is 11.3. The second kappa shape index (κ2) is 20.4. The molecule has 0 aliphatic rings. The average Bonchev–Trinajstić information content (AvgIpc) is 2.91. The van der Waals surface area contributed by atoms with Crippen molar-refractivity contribution in [3.05, 3.63) is 48.5 Å². The van der Waals surface area contributed by atoms with E-state index in [-0.39, 0.29) is 18.3 Å². The van der Waals surface area contributed by atoms with E-state index in [2.05, 4.69) is 12.2 Å². The van der Waals surface area contributed by atoms with Crippen molar-refractivity contribution in [1.82, 2.24) is 5.32 Å². The predicted octanol–water partition coefficient (Wildman–Crippen LogP) is 8.94. The number of nitrogens with one attached hydrogen (secondary N) is 1. The molecule has 0 radical (unpaired) electrons. The van der Waals surface area contributed by atoms with Gasteiger partial charge in [0, 0.05) is 6.54 Å². The van der Waals surface area contributed by atoms with Crippen LogP contribution in [0, 0.1) is 0 Å². The molecule has 2 aromatic rings. The molecule has 0 heterocycles. The van der Waals surface area contributed by atoms with Gasteiger partial charge in [-0.05, 0) is 55.0 Å². The van der Waals surface area contributed by atoms with E-state index in [9.17, 15) is 9.90 Å².